The first-order chi connectivity index (χ1) is 15.6. The monoisotopic (exact) mass is 433 g/mol. The van der Waals surface area contributed by atoms with Gasteiger partial charge in [0, 0.05) is 38.4 Å². The second-order valence-corrected chi connectivity index (χ2v) is 7.85. The lowest BCUT2D eigenvalue weighted by molar-refractivity contribution is -0.136. The van der Waals surface area contributed by atoms with E-state index < -0.39 is 11.8 Å². The quantitative estimate of drug-likeness (QED) is 0.569. The number of anilines is 1. The SMILES string of the molecule is CN1CCN([C@H](CNC(=O)C(=O)Nc2cccc(-n3cnnc3)c2)c2ccccc2)CC1. The molecule has 1 aliphatic heterocycles. The summed E-state index contributed by atoms with van der Waals surface area (Å²) in [6.45, 7) is 4.13. The van der Waals surface area contributed by atoms with E-state index in [2.05, 4.69) is 49.8 Å². The van der Waals surface area contributed by atoms with Crippen molar-refractivity contribution in [2.24, 2.45) is 0 Å². The summed E-state index contributed by atoms with van der Waals surface area (Å²) in [5, 5.41) is 13.0. The number of nitrogens with zero attached hydrogens (tertiary/aromatic N) is 5. The lowest BCUT2D eigenvalue weighted by Crippen LogP contribution is -2.49. The van der Waals surface area contributed by atoms with Crippen LogP contribution in [0, 0.1) is 0 Å². The molecular formula is C23H27N7O2. The van der Waals surface area contributed by atoms with E-state index in [1.165, 1.54) is 0 Å². The van der Waals surface area contributed by atoms with Gasteiger partial charge in [0.2, 0.25) is 0 Å². The van der Waals surface area contributed by atoms with E-state index in [9.17, 15) is 9.59 Å². The zero-order valence-corrected chi connectivity index (χ0v) is 18.0. The van der Waals surface area contributed by atoms with Crippen molar-refractivity contribution < 1.29 is 9.59 Å². The second kappa shape index (κ2) is 10.2. The molecule has 2 N–H and O–H groups in total. The Bertz CT molecular complexity index is 1030. The van der Waals surface area contributed by atoms with E-state index in [-0.39, 0.29) is 6.04 Å². The number of piperazine rings is 1. The van der Waals surface area contributed by atoms with E-state index in [1.807, 2.05) is 24.3 Å². The summed E-state index contributed by atoms with van der Waals surface area (Å²) in [6.07, 6.45) is 3.13. The van der Waals surface area contributed by atoms with Crippen LogP contribution in [0.25, 0.3) is 5.69 Å². The van der Waals surface area contributed by atoms with Gasteiger partial charge in [-0.15, -0.1) is 10.2 Å². The lowest BCUT2D eigenvalue weighted by Gasteiger charge is -2.38. The minimum Gasteiger partial charge on any atom is -0.346 e. The summed E-state index contributed by atoms with van der Waals surface area (Å²) in [4.78, 5) is 29.7. The summed E-state index contributed by atoms with van der Waals surface area (Å²) >= 11 is 0. The molecule has 0 unspecified atom stereocenters. The molecule has 2 aromatic carbocycles. The average Bonchev–Trinajstić information content (AvgIpc) is 3.36. The molecule has 2 amide bonds. The summed E-state index contributed by atoms with van der Waals surface area (Å²) in [6, 6.07) is 17.2. The fourth-order valence-electron chi connectivity index (χ4n) is 3.80. The number of hydrogen-bond donors (Lipinski definition) is 2. The predicted octanol–water partition coefficient (Wildman–Crippen LogP) is 1.31. The fraction of sp³-hybridized carbons (Fsp3) is 0.304. The molecule has 1 saturated heterocycles. The van der Waals surface area contributed by atoms with Crippen LogP contribution in [-0.2, 0) is 9.59 Å². The topological polar surface area (TPSA) is 95.4 Å². The zero-order chi connectivity index (χ0) is 22.3. The van der Waals surface area contributed by atoms with Crippen LogP contribution >= 0.6 is 0 Å². The molecule has 1 aromatic heterocycles. The van der Waals surface area contributed by atoms with Crippen LogP contribution < -0.4 is 10.6 Å². The fourth-order valence-corrected chi connectivity index (χ4v) is 3.80. The molecule has 9 heteroatoms. The highest BCUT2D eigenvalue weighted by Gasteiger charge is 2.25. The van der Waals surface area contributed by atoms with Crippen molar-refractivity contribution in [1.29, 1.82) is 0 Å². The Labute approximate surface area is 187 Å². The number of carbonyl (C=O) groups is 2. The van der Waals surface area contributed by atoms with Gasteiger partial charge < -0.3 is 15.5 Å². The van der Waals surface area contributed by atoms with Gasteiger partial charge in [-0.2, -0.15) is 0 Å². The molecule has 1 fully saturated rings. The third-order valence-electron chi connectivity index (χ3n) is 5.65. The molecule has 0 spiro atoms. The van der Waals surface area contributed by atoms with Crippen LogP contribution in [0.5, 0.6) is 0 Å². The maximum absolute atomic E-state index is 12.6. The molecule has 4 rings (SSSR count). The summed E-state index contributed by atoms with van der Waals surface area (Å²) in [7, 11) is 2.11. The van der Waals surface area contributed by atoms with Crippen LogP contribution in [-0.4, -0.2) is 76.2 Å². The highest BCUT2D eigenvalue weighted by atomic mass is 16.2. The molecule has 3 aromatic rings. The van der Waals surface area contributed by atoms with Crippen molar-refractivity contribution in [3.63, 3.8) is 0 Å². The normalized spacial score (nSPS) is 15.8. The molecule has 166 valence electrons. The van der Waals surface area contributed by atoms with E-state index in [0.29, 0.717) is 12.2 Å². The average molecular weight is 434 g/mol. The van der Waals surface area contributed by atoms with E-state index in [1.54, 1.807) is 35.4 Å². The Morgan fingerprint density at radius 2 is 1.66 bits per heavy atom. The number of carbonyl (C=O) groups excluding carboxylic acids is 2. The lowest BCUT2D eigenvalue weighted by atomic mass is 10.0. The third kappa shape index (κ3) is 5.37. The molecule has 0 bridgehead atoms. The van der Waals surface area contributed by atoms with Gasteiger partial charge >= 0.3 is 11.8 Å². The van der Waals surface area contributed by atoms with Crippen molar-refractivity contribution in [2.45, 2.75) is 6.04 Å². The summed E-state index contributed by atoms with van der Waals surface area (Å²) in [5.41, 5.74) is 2.43. The number of nitrogens with one attached hydrogen (secondary N) is 2. The van der Waals surface area contributed by atoms with E-state index in [4.69, 9.17) is 0 Å². The Balaban J connectivity index is 1.38. The maximum Gasteiger partial charge on any atom is 0.313 e. The molecule has 1 aliphatic rings. The van der Waals surface area contributed by atoms with E-state index >= 15 is 0 Å². The highest BCUT2D eigenvalue weighted by molar-refractivity contribution is 6.39. The van der Waals surface area contributed by atoms with E-state index in [0.717, 1.165) is 37.4 Å². The van der Waals surface area contributed by atoms with Crippen LogP contribution in [0.1, 0.15) is 11.6 Å². The largest absolute Gasteiger partial charge is 0.346 e. The highest BCUT2D eigenvalue weighted by Crippen LogP contribution is 2.21. The molecule has 0 aliphatic carbocycles. The Morgan fingerprint density at radius 3 is 2.38 bits per heavy atom. The summed E-state index contributed by atoms with van der Waals surface area (Å²) in [5.74, 6) is -1.36. The van der Waals surface area contributed by atoms with Gasteiger partial charge in [0.1, 0.15) is 12.7 Å². The molecular weight excluding hydrogens is 406 g/mol. The standard InChI is InChI=1S/C23H27N7O2/c1-28-10-12-29(13-11-28)21(18-6-3-2-4-7-18)15-24-22(31)23(32)27-19-8-5-9-20(14-19)30-16-25-26-17-30/h2-9,14,16-17,21H,10-13,15H2,1H3,(H,24,31)(H,27,32)/t21-/m1/s1. The molecule has 2 heterocycles. The van der Waals surface area contributed by atoms with Crippen molar-refractivity contribution in [3.8, 4) is 5.69 Å². The number of aromatic nitrogens is 3. The Hall–Kier alpha value is -3.56. The van der Waals surface area contributed by atoms with Gasteiger partial charge in [0.05, 0.1) is 11.7 Å². The van der Waals surface area contributed by atoms with Gasteiger partial charge in [-0.05, 0) is 30.8 Å². The van der Waals surface area contributed by atoms with Gasteiger partial charge in [0.15, 0.2) is 0 Å². The van der Waals surface area contributed by atoms with Crippen LogP contribution in [0.4, 0.5) is 5.69 Å². The minimum absolute atomic E-state index is 0.0127. The van der Waals surface area contributed by atoms with Crippen molar-refractivity contribution in [3.05, 3.63) is 72.8 Å². The van der Waals surface area contributed by atoms with Crippen LogP contribution in [0.2, 0.25) is 0 Å². The van der Waals surface area contributed by atoms with Crippen LogP contribution in [0.3, 0.4) is 0 Å². The van der Waals surface area contributed by atoms with Gasteiger partial charge in [0.25, 0.3) is 0 Å². The molecule has 9 nitrogen and oxygen atoms in total. The third-order valence-corrected chi connectivity index (χ3v) is 5.65. The molecule has 1 atom stereocenters. The number of likely N-dealkylation sites (N-methyl/N-ethyl adjacent to an activating group) is 1. The van der Waals surface area contributed by atoms with Crippen molar-refractivity contribution in [1.82, 2.24) is 29.9 Å². The first-order valence-corrected chi connectivity index (χ1v) is 10.6. The second-order valence-electron chi connectivity index (χ2n) is 7.85. The first-order valence-electron chi connectivity index (χ1n) is 10.6. The molecule has 32 heavy (non-hydrogen) atoms. The zero-order valence-electron chi connectivity index (χ0n) is 18.0. The maximum atomic E-state index is 12.6. The number of amides is 2. The summed E-state index contributed by atoms with van der Waals surface area (Å²) < 4.78 is 1.72. The number of rotatable bonds is 6. The minimum atomic E-state index is -0.698. The number of hydrogen-bond acceptors (Lipinski definition) is 6. The predicted molar refractivity (Wildman–Crippen MR) is 121 cm³/mol. The van der Waals surface area contributed by atoms with Gasteiger partial charge in [-0.1, -0.05) is 36.4 Å². The van der Waals surface area contributed by atoms with Crippen molar-refractivity contribution >= 4 is 17.5 Å². The Kier molecular flexibility index (Phi) is 6.88. The van der Waals surface area contributed by atoms with Gasteiger partial charge in [-0.25, -0.2) is 0 Å². The smallest absolute Gasteiger partial charge is 0.313 e. The van der Waals surface area contributed by atoms with Crippen molar-refractivity contribution in [2.75, 3.05) is 45.1 Å². The molecule has 0 radical (unpaired) electrons. The molecule has 0 saturated carbocycles. The Morgan fingerprint density at radius 1 is 0.938 bits per heavy atom. The van der Waals surface area contributed by atoms with Crippen LogP contribution in [0.15, 0.2) is 67.3 Å². The number of benzene rings is 2. The van der Waals surface area contributed by atoms with Gasteiger partial charge in [-0.3, -0.25) is 19.1 Å². The first kappa shape index (κ1) is 21.7.